The van der Waals surface area contributed by atoms with Gasteiger partial charge in [-0.2, -0.15) is 5.11 Å². The van der Waals surface area contributed by atoms with Crippen LogP contribution in [-0.4, -0.2) is 35.2 Å². The van der Waals surface area contributed by atoms with E-state index in [1.54, 1.807) is 0 Å². The van der Waals surface area contributed by atoms with Crippen LogP contribution in [0.15, 0.2) is 40.6 Å². The lowest BCUT2D eigenvalue weighted by Crippen LogP contribution is -2.37. The molecule has 0 spiro atoms. The summed E-state index contributed by atoms with van der Waals surface area (Å²) >= 11 is 0. The molecule has 7 heteroatoms. The third-order valence-electron chi connectivity index (χ3n) is 4.30. The fourth-order valence-electron chi connectivity index (χ4n) is 2.62. The number of azo groups is 1. The Balaban J connectivity index is 2.58. The third kappa shape index (κ3) is 8.80. The Kier molecular flexibility index (Phi) is 9.05. The molecule has 1 aromatic rings. The van der Waals surface area contributed by atoms with Crippen LogP contribution in [0.1, 0.15) is 45.1 Å². The summed E-state index contributed by atoms with van der Waals surface area (Å²) in [5.41, 5.74) is 4.08. The summed E-state index contributed by atoms with van der Waals surface area (Å²) < 4.78 is 14.1. The summed E-state index contributed by atoms with van der Waals surface area (Å²) in [6.07, 6.45) is 1.34. The van der Waals surface area contributed by atoms with Crippen molar-refractivity contribution in [1.29, 1.82) is 0 Å². The number of primary amides is 1. The van der Waals surface area contributed by atoms with Gasteiger partial charge >= 0.3 is 0 Å². The van der Waals surface area contributed by atoms with Crippen molar-refractivity contribution in [1.82, 2.24) is 0 Å². The molecular formula is C19H28FN3O3. The number of hydrogen-bond donors (Lipinski definition) is 2. The fourth-order valence-corrected chi connectivity index (χ4v) is 2.62. The number of hydrogen-bond acceptors (Lipinski definition) is 4. The van der Waals surface area contributed by atoms with Gasteiger partial charge in [-0.1, -0.05) is 30.3 Å². The number of carbonyl (C=O) groups is 2. The van der Waals surface area contributed by atoms with E-state index in [2.05, 4.69) is 10.2 Å². The monoisotopic (exact) mass is 365 g/mol. The van der Waals surface area contributed by atoms with Crippen LogP contribution in [0.25, 0.3) is 0 Å². The number of benzene rings is 1. The maximum absolute atomic E-state index is 14.1. The molecule has 0 aliphatic carbocycles. The number of carbonyl (C=O) groups excluding carboxylic acids is 2. The highest BCUT2D eigenvalue weighted by molar-refractivity contribution is 5.82. The molecule has 3 N–H and O–H groups in total. The van der Waals surface area contributed by atoms with Gasteiger partial charge in [0.2, 0.25) is 0 Å². The Morgan fingerprint density at radius 2 is 1.92 bits per heavy atom. The Hall–Kier alpha value is -2.15. The van der Waals surface area contributed by atoms with Gasteiger partial charge in [0.05, 0.1) is 12.6 Å². The highest BCUT2D eigenvalue weighted by atomic mass is 19.1. The zero-order valence-electron chi connectivity index (χ0n) is 15.4. The lowest BCUT2D eigenvalue weighted by molar-refractivity contribution is -0.129. The summed E-state index contributed by atoms with van der Waals surface area (Å²) in [6, 6.07) is 9.80. The average molecular weight is 365 g/mol. The van der Waals surface area contributed by atoms with Crippen LogP contribution in [0.5, 0.6) is 0 Å². The van der Waals surface area contributed by atoms with E-state index < -0.39 is 23.6 Å². The molecule has 144 valence electrons. The van der Waals surface area contributed by atoms with Crippen LogP contribution in [0.2, 0.25) is 0 Å². The summed E-state index contributed by atoms with van der Waals surface area (Å²) in [6.45, 7) is 2.63. The third-order valence-corrected chi connectivity index (χ3v) is 4.30. The first-order chi connectivity index (χ1) is 12.2. The van der Waals surface area contributed by atoms with Gasteiger partial charge in [-0.15, -0.1) is 5.11 Å². The molecule has 0 aliphatic heterocycles. The van der Waals surface area contributed by atoms with Crippen molar-refractivity contribution < 1.29 is 19.1 Å². The highest BCUT2D eigenvalue weighted by Crippen LogP contribution is 2.24. The van der Waals surface area contributed by atoms with Crippen LogP contribution >= 0.6 is 0 Å². The van der Waals surface area contributed by atoms with E-state index >= 15 is 0 Å². The van der Waals surface area contributed by atoms with E-state index in [0.717, 1.165) is 18.9 Å². The van der Waals surface area contributed by atoms with Crippen LogP contribution < -0.4 is 5.73 Å². The fraction of sp³-hybridized carbons (Fsp3) is 0.579. The van der Waals surface area contributed by atoms with Crippen LogP contribution in [0.4, 0.5) is 4.39 Å². The molecule has 1 rings (SSSR count). The molecule has 0 fully saturated rings. The van der Waals surface area contributed by atoms with E-state index in [0.29, 0.717) is 19.3 Å². The summed E-state index contributed by atoms with van der Waals surface area (Å²) in [5.74, 6) is -1.62. The Morgan fingerprint density at radius 3 is 2.50 bits per heavy atom. The molecular weight excluding hydrogens is 337 g/mol. The zero-order valence-corrected chi connectivity index (χ0v) is 15.4. The topological polar surface area (TPSA) is 105 Å². The van der Waals surface area contributed by atoms with Crippen molar-refractivity contribution in [2.24, 2.45) is 21.9 Å². The Bertz CT molecular complexity index is 605. The second-order valence-corrected chi connectivity index (χ2v) is 6.82. The number of nitrogens with two attached hydrogens (primary N) is 1. The predicted molar refractivity (Wildman–Crippen MR) is 97.2 cm³/mol. The van der Waals surface area contributed by atoms with Crippen molar-refractivity contribution in [2.45, 2.75) is 57.7 Å². The van der Waals surface area contributed by atoms with Gasteiger partial charge in [0, 0.05) is 6.92 Å². The van der Waals surface area contributed by atoms with E-state index in [1.807, 2.05) is 30.3 Å². The van der Waals surface area contributed by atoms with Gasteiger partial charge in [0.25, 0.3) is 11.8 Å². The smallest absolute Gasteiger partial charge is 0.261 e. The minimum atomic E-state index is -2.11. The summed E-state index contributed by atoms with van der Waals surface area (Å²) in [5, 5.41) is 17.6. The molecule has 0 heterocycles. The molecule has 0 saturated heterocycles. The molecule has 1 aromatic carbocycles. The molecule has 0 radical (unpaired) electrons. The van der Waals surface area contributed by atoms with Crippen molar-refractivity contribution in [3.05, 3.63) is 35.9 Å². The minimum Gasteiger partial charge on any atom is -0.393 e. The molecule has 0 saturated carbocycles. The molecule has 0 bridgehead atoms. The van der Waals surface area contributed by atoms with Crippen LogP contribution in [0.3, 0.4) is 0 Å². The number of aliphatic hydroxyl groups is 1. The number of amides is 2. The normalized spacial score (nSPS) is 16.2. The lowest BCUT2D eigenvalue weighted by atomic mass is 9.89. The largest absolute Gasteiger partial charge is 0.393 e. The van der Waals surface area contributed by atoms with Crippen molar-refractivity contribution in [3.63, 3.8) is 0 Å². The SMILES string of the molecule is CC(=O)N=NCC(CCC(C)(F)C(N)=O)CC(O)CCc1ccccc1. The van der Waals surface area contributed by atoms with Crippen molar-refractivity contribution in [2.75, 3.05) is 6.54 Å². The maximum Gasteiger partial charge on any atom is 0.261 e. The lowest BCUT2D eigenvalue weighted by Gasteiger charge is -2.22. The highest BCUT2D eigenvalue weighted by Gasteiger charge is 2.31. The van der Waals surface area contributed by atoms with E-state index in [9.17, 15) is 19.1 Å². The summed E-state index contributed by atoms with van der Waals surface area (Å²) in [4.78, 5) is 22.0. The van der Waals surface area contributed by atoms with E-state index in [1.165, 1.54) is 6.92 Å². The molecule has 2 amide bonds. The first kappa shape index (κ1) is 21.9. The van der Waals surface area contributed by atoms with Gasteiger partial charge in [-0.3, -0.25) is 9.59 Å². The number of rotatable bonds is 11. The van der Waals surface area contributed by atoms with Gasteiger partial charge in [-0.25, -0.2) is 4.39 Å². The first-order valence-electron chi connectivity index (χ1n) is 8.79. The van der Waals surface area contributed by atoms with Gasteiger partial charge in [0.1, 0.15) is 0 Å². The minimum absolute atomic E-state index is 0.0615. The molecule has 3 atom stereocenters. The van der Waals surface area contributed by atoms with Crippen molar-refractivity contribution >= 4 is 11.8 Å². The quantitative estimate of drug-likeness (QED) is 0.589. The first-order valence-corrected chi connectivity index (χ1v) is 8.79. The molecule has 0 aromatic heterocycles. The number of aryl methyl sites for hydroxylation is 1. The van der Waals surface area contributed by atoms with Crippen LogP contribution in [-0.2, 0) is 16.0 Å². The number of nitrogens with zero attached hydrogens (tertiary/aromatic N) is 2. The Labute approximate surface area is 153 Å². The number of halogens is 1. The molecule has 26 heavy (non-hydrogen) atoms. The second-order valence-electron chi connectivity index (χ2n) is 6.82. The van der Waals surface area contributed by atoms with Gasteiger partial charge in [0.15, 0.2) is 5.67 Å². The van der Waals surface area contributed by atoms with Crippen molar-refractivity contribution in [3.8, 4) is 0 Å². The average Bonchev–Trinajstić information content (AvgIpc) is 2.58. The molecule has 6 nitrogen and oxygen atoms in total. The number of alkyl halides is 1. The molecule has 3 unspecified atom stereocenters. The van der Waals surface area contributed by atoms with E-state index in [-0.39, 0.29) is 18.9 Å². The van der Waals surface area contributed by atoms with Gasteiger partial charge < -0.3 is 10.8 Å². The van der Waals surface area contributed by atoms with Crippen LogP contribution in [0, 0.1) is 5.92 Å². The Morgan fingerprint density at radius 1 is 1.27 bits per heavy atom. The number of aliphatic hydroxyl groups excluding tert-OH is 1. The predicted octanol–water partition coefficient (Wildman–Crippen LogP) is 2.98. The zero-order chi connectivity index (χ0) is 19.6. The standard InChI is InChI=1S/C19H28FN3O3/c1-14(24)23-22-13-16(10-11-19(2,20)18(21)26)12-17(25)9-8-15-6-4-3-5-7-15/h3-7,16-17,25H,8-13H2,1-2H3,(H2,21,26). The van der Waals surface area contributed by atoms with Gasteiger partial charge in [-0.05, 0) is 50.5 Å². The maximum atomic E-state index is 14.1. The van der Waals surface area contributed by atoms with E-state index in [4.69, 9.17) is 5.73 Å². The summed E-state index contributed by atoms with van der Waals surface area (Å²) in [7, 11) is 0. The molecule has 0 aliphatic rings. The second kappa shape index (κ2) is 10.8.